The normalized spacial score (nSPS) is 22.9. The zero-order valence-corrected chi connectivity index (χ0v) is 11.3. The smallest absolute Gasteiger partial charge is 0.156 e. The van der Waals surface area contributed by atoms with Gasteiger partial charge in [0.1, 0.15) is 0 Å². The Morgan fingerprint density at radius 2 is 2.50 bits per heavy atom. The summed E-state index contributed by atoms with van der Waals surface area (Å²) in [6.45, 7) is 5.33. The number of thiazole rings is 1. The van der Waals surface area contributed by atoms with Crippen molar-refractivity contribution < 1.29 is 0 Å². The molecule has 0 aromatic carbocycles. The first kappa shape index (κ1) is 11.9. The highest BCUT2D eigenvalue weighted by atomic mass is 32.2. The maximum absolute atomic E-state index is 4.56. The van der Waals surface area contributed by atoms with Gasteiger partial charge in [-0.05, 0) is 5.92 Å². The van der Waals surface area contributed by atoms with Gasteiger partial charge in [0, 0.05) is 30.1 Å². The van der Waals surface area contributed by atoms with Crippen LogP contribution in [0.3, 0.4) is 0 Å². The summed E-state index contributed by atoms with van der Waals surface area (Å²) in [5, 5.41) is 6.66. The minimum atomic E-state index is 0.586. The van der Waals surface area contributed by atoms with Gasteiger partial charge in [-0.25, -0.2) is 4.98 Å². The molecule has 2 rings (SSSR count). The molecule has 2 heterocycles. The molecule has 1 aliphatic rings. The predicted molar refractivity (Wildman–Crippen MR) is 72.3 cm³/mol. The van der Waals surface area contributed by atoms with Gasteiger partial charge in [-0.1, -0.05) is 25.6 Å². The van der Waals surface area contributed by atoms with Crippen LogP contribution in [0.1, 0.15) is 19.5 Å². The second-order valence-corrected chi connectivity index (χ2v) is 5.95. The SMILES string of the molecule is CC(C)C1CSC(=NCCc2cscn2)N1. The predicted octanol–water partition coefficient (Wildman–Crippen LogP) is 2.40. The maximum Gasteiger partial charge on any atom is 0.156 e. The number of aromatic nitrogens is 1. The number of hydrogen-bond acceptors (Lipinski definition) is 4. The van der Waals surface area contributed by atoms with Crippen molar-refractivity contribution in [3.63, 3.8) is 0 Å². The third-order valence-corrected chi connectivity index (χ3v) is 4.30. The lowest BCUT2D eigenvalue weighted by Gasteiger charge is -2.12. The fourth-order valence-electron chi connectivity index (χ4n) is 1.49. The van der Waals surface area contributed by atoms with E-state index in [2.05, 4.69) is 34.5 Å². The average molecular weight is 255 g/mol. The third-order valence-electron chi connectivity index (χ3n) is 2.62. The van der Waals surface area contributed by atoms with Crippen molar-refractivity contribution in [1.29, 1.82) is 0 Å². The van der Waals surface area contributed by atoms with Gasteiger partial charge in [-0.15, -0.1) is 11.3 Å². The van der Waals surface area contributed by atoms with Gasteiger partial charge in [0.2, 0.25) is 0 Å². The van der Waals surface area contributed by atoms with Crippen molar-refractivity contribution in [3.05, 3.63) is 16.6 Å². The summed E-state index contributed by atoms with van der Waals surface area (Å²) in [5.74, 6) is 1.83. The highest BCUT2D eigenvalue weighted by molar-refractivity contribution is 8.14. The van der Waals surface area contributed by atoms with Crippen molar-refractivity contribution in [2.24, 2.45) is 10.9 Å². The minimum Gasteiger partial charge on any atom is -0.361 e. The van der Waals surface area contributed by atoms with Gasteiger partial charge < -0.3 is 5.32 Å². The van der Waals surface area contributed by atoms with Gasteiger partial charge in [-0.3, -0.25) is 4.99 Å². The van der Waals surface area contributed by atoms with Crippen molar-refractivity contribution in [3.8, 4) is 0 Å². The fourth-order valence-corrected chi connectivity index (χ4v) is 3.31. The van der Waals surface area contributed by atoms with Crippen LogP contribution in [0.2, 0.25) is 0 Å². The molecule has 5 heteroatoms. The molecule has 1 saturated heterocycles. The molecule has 0 amide bonds. The molecular weight excluding hydrogens is 238 g/mol. The van der Waals surface area contributed by atoms with Crippen LogP contribution in [0.4, 0.5) is 0 Å². The van der Waals surface area contributed by atoms with E-state index >= 15 is 0 Å². The Balaban J connectivity index is 1.77. The molecule has 1 N–H and O–H groups in total. The molecule has 1 atom stereocenters. The van der Waals surface area contributed by atoms with Gasteiger partial charge in [-0.2, -0.15) is 0 Å². The molecule has 1 aromatic rings. The first-order valence-corrected chi connectivity index (χ1v) is 7.49. The quantitative estimate of drug-likeness (QED) is 0.897. The van der Waals surface area contributed by atoms with Crippen LogP contribution in [-0.4, -0.2) is 28.5 Å². The summed E-state index contributed by atoms with van der Waals surface area (Å²) in [6.07, 6.45) is 0.946. The summed E-state index contributed by atoms with van der Waals surface area (Å²) >= 11 is 3.48. The Kier molecular flexibility index (Phi) is 4.23. The number of amidine groups is 1. The second-order valence-electron chi connectivity index (χ2n) is 4.22. The van der Waals surface area contributed by atoms with E-state index in [9.17, 15) is 0 Å². The monoisotopic (exact) mass is 255 g/mol. The average Bonchev–Trinajstić information content (AvgIpc) is 2.87. The molecule has 0 aliphatic carbocycles. The van der Waals surface area contributed by atoms with Gasteiger partial charge >= 0.3 is 0 Å². The van der Waals surface area contributed by atoms with E-state index in [4.69, 9.17) is 0 Å². The molecule has 0 saturated carbocycles. The van der Waals surface area contributed by atoms with E-state index in [1.807, 2.05) is 17.3 Å². The number of nitrogens with one attached hydrogen (secondary N) is 1. The van der Waals surface area contributed by atoms with Crippen LogP contribution in [0.25, 0.3) is 0 Å². The topological polar surface area (TPSA) is 37.3 Å². The first-order valence-electron chi connectivity index (χ1n) is 5.56. The molecule has 16 heavy (non-hydrogen) atoms. The Morgan fingerprint density at radius 1 is 1.62 bits per heavy atom. The molecular formula is C11H17N3S2. The molecule has 0 spiro atoms. The van der Waals surface area contributed by atoms with Gasteiger partial charge in [0.15, 0.2) is 5.17 Å². The van der Waals surface area contributed by atoms with E-state index in [1.54, 1.807) is 11.3 Å². The molecule has 1 unspecified atom stereocenters. The lowest BCUT2D eigenvalue weighted by Crippen LogP contribution is -2.31. The first-order chi connectivity index (χ1) is 7.75. The van der Waals surface area contributed by atoms with Crippen molar-refractivity contribution >= 4 is 28.3 Å². The van der Waals surface area contributed by atoms with Crippen molar-refractivity contribution in [1.82, 2.24) is 10.3 Å². The largest absolute Gasteiger partial charge is 0.361 e. The van der Waals surface area contributed by atoms with Crippen LogP contribution in [0.5, 0.6) is 0 Å². The Bertz CT molecular complexity index is 346. The molecule has 3 nitrogen and oxygen atoms in total. The van der Waals surface area contributed by atoms with E-state index in [1.165, 1.54) is 0 Å². The van der Waals surface area contributed by atoms with Gasteiger partial charge in [0.25, 0.3) is 0 Å². The lowest BCUT2D eigenvalue weighted by molar-refractivity contribution is 0.503. The summed E-state index contributed by atoms with van der Waals surface area (Å²) < 4.78 is 0. The fraction of sp³-hybridized carbons (Fsp3) is 0.636. The number of nitrogens with zero attached hydrogens (tertiary/aromatic N) is 2. The Labute approximate surface area is 105 Å². The van der Waals surface area contributed by atoms with E-state index < -0.39 is 0 Å². The Morgan fingerprint density at radius 3 is 3.12 bits per heavy atom. The lowest BCUT2D eigenvalue weighted by atomic mass is 10.1. The molecule has 1 aliphatic heterocycles. The third kappa shape index (κ3) is 3.22. The number of hydrogen-bond donors (Lipinski definition) is 1. The van der Waals surface area contributed by atoms with Crippen LogP contribution in [0.15, 0.2) is 15.9 Å². The van der Waals surface area contributed by atoms with Crippen LogP contribution >= 0.6 is 23.1 Å². The van der Waals surface area contributed by atoms with Gasteiger partial charge in [0.05, 0.1) is 11.2 Å². The second kappa shape index (κ2) is 5.68. The molecule has 0 radical (unpaired) electrons. The molecule has 88 valence electrons. The highest BCUT2D eigenvalue weighted by Crippen LogP contribution is 2.18. The molecule has 1 aromatic heterocycles. The zero-order valence-electron chi connectivity index (χ0n) is 9.64. The summed E-state index contributed by atoms with van der Waals surface area (Å²) in [4.78, 5) is 8.81. The van der Waals surface area contributed by atoms with E-state index in [0.29, 0.717) is 12.0 Å². The zero-order chi connectivity index (χ0) is 11.4. The molecule has 1 fully saturated rings. The minimum absolute atomic E-state index is 0.586. The van der Waals surface area contributed by atoms with Crippen molar-refractivity contribution in [2.45, 2.75) is 26.3 Å². The number of thioether (sulfide) groups is 1. The highest BCUT2D eigenvalue weighted by Gasteiger charge is 2.22. The summed E-state index contributed by atoms with van der Waals surface area (Å²) in [6, 6.07) is 0.586. The molecule has 0 bridgehead atoms. The van der Waals surface area contributed by atoms with Crippen LogP contribution in [-0.2, 0) is 6.42 Å². The van der Waals surface area contributed by atoms with E-state index in [0.717, 1.165) is 29.6 Å². The number of aliphatic imine (C=N–C) groups is 1. The summed E-state index contributed by atoms with van der Waals surface area (Å²) in [7, 11) is 0. The summed E-state index contributed by atoms with van der Waals surface area (Å²) in [5.41, 5.74) is 3.03. The van der Waals surface area contributed by atoms with Crippen LogP contribution < -0.4 is 5.32 Å². The Hall–Kier alpha value is -0.550. The van der Waals surface area contributed by atoms with Crippen LogP contribution in [0, 0.1) is 5.92 Å². The van der Waals surface area contributed by atoms with Crippen molar-refractivity contribution in [2.75, 3.05) is 12.3 Å². The number of rotatable bonds is 4. The van der Waals surface area contributed by atoms with E-state index in [-0.39, 0.29) is 0 Å². The maximum atomic E-state index is 4.56. The standard InChI is InChI=1S/C11H17N3S2/c1-8(2)10-6-16-11(14-10)12-4-3-9-5-15-7-13-9/h5,7-8,10H,3-4,6H2,1-2H3,(H,12,14).